The van der Waals surface area contributed by atoms with E-state index in [2.05, 4.69) is 26.2 Å². The Balaban J connectivity index is 2.08. The summed E-state index contributed by atoms with van der Waals surface area (Å²) >= 11 is 3.21. The predicted octanol–water partition coefficient (Wildman–Crippen LogP) is 3.47. The molecule has 0 aliphatic heterocycles. The van der Waals surface area contributed by atoms with Gasteiger partial charge in [0, 0.05) is 10.7 Å². The van der Waals surface area contributed by atoms with E-state index in [4.69, 9.17) is 0 Å². The number of halogens is 2. The maximum absolute atomic E-state index is 12.9. The third-order valence-corrected chi connectivity index (χ3v) is 3.31. The van der Waals surface area contributed by atoms with Crippen molar-refractivity contribution in [3.8, 4) is 0 Å². The second-order valence-corrected chi connectivity index (χ2v) is 4.97. The van der Waals surface area contributed by atoms with Crippen LogP contribution in [0.25, 0.3) is 0 Å². The Morgan fingerprint density at radius 3 is 2.89 bits per heavy atom. The van der Waals surface area contributed by atoms with Crippen LogP contribution in [0.5, 0.6) is 0 Å². The van der Waals surface area contributed by atoms with Gasteiger partial charge in [-0.05, 0) is 52.7 Å². The van der Waals surface area contributed by atoms with Crippen molar-refractivity contribution in [3.05, 3.63) is 58.1 Å². The van der Waals surface area contributed by atoms with E-state index >= 15 is 0 Å². The first kappa shape index (κ1) is 13.7. The fourth-order valence-electron chi connectivity index (χ4n) is 1.64. The normalized spacial score (nSPS) is 10.3. The number of nitrogens with zero attached hydrogens (tertiary/aromatic N) is 1. The summed E-state index contributed by atoms with van der Waals surface area (Å²) < 4.78 is 13.4. The molecule has 2 rings (SSSR count). The summed E-state index contributed by atoms with van der Waals surface area (Å²) in [6.07, 6.45) is 1.85. The van der Waals surface area contributed by atoms with E-state index in [0.29, 0.717) is 10.2 Å². The lowest BCUT2D eigenvalue weighted by Gasteiger charge is -2.08. The minimum absolute atomic E-state index is 0.186. The highest BCUT2D eigenvalue weighted by Crippen LogP contribution is 2.23. The lowest BCUT2D eigenvalue weighted by Crippen LogP contribution is -2.16. The van der Waals surface area contributed by atoms with Crippen LogP contribution in [-0.2, 0) is 11.2 Å². The van der Waals surface area contributed by atoms with Gasteiger partial charge in [0.1, 0.15) is 5.82 Å². The number of hydrogen-bond donors (Lipinski definition) is 1. The van der Waals surface area contributed by atoms with E-state index in [1.165, 1.54) is 18.2 Å². The van der Waals surface area contributed by atoms with Gasteiger partial charge in [-0.1, -0.05) is 6.07 Å². The van der Waals surface area contributed by atoms with Crippen molar-refractivity contribution in [2.75, 3.05) is 5.32 Å². The van der Waals surface area contributed by atoms with Gasteiger partial charge in [0.05, 0.1) is 17.8 Å². The molecular weight excluding hydrogens is 311 g/mol. The summed E-state index contributed by atoms with van der Waals surface area (Å²) in [6, 6.07) is 7.85. The van der Waals surface area contributed by atoms with Gasteiger partial charge in [-0.3, -0.25) is 9.78 Å². The summed E-state index contributed by atoms with van der Waals surface area (Å²) in [6.45, 7) is 1.91. The fourth-order valence-corrected chi connectivity index (χ4v) is 2.09. The predicted molar refractivity (Wildman–Crippen MR) is 75.4 cm³/mol. The van der Waals surface area contributed by atoms with Crippen LogP contribution in [0.4, 0.5) is 10.1 Å². The van der Waals surface area contributed by atoms with E-state index in [1.807, 2.05) is 19.1 Å². The average molecular weight is 323 g/mol. The Morgan fingerprint density at radius 2 is 2.21 bits per heavy atom. The Hall–Kier alpha value is -1.75. The molecule has 0 saturated heterocycles. The second kappa shape index (κ2) is 5.93. The van der Waals surface area contributed by atoms with Crippen LogP contribution in [0, 0.1) is 12.7 Å². The number of carbonyl (C=O) groups excluding carboxylic acids is 1. The Bertz CT molecular complexity index is 616. The monoisotopic (exact) mass is 322 g/mol. The van der Waals surface area contributed by atoms with Crippen LogP contribution in [-0.4, -0.2) is 10.9 Å². The molecule has 0 radical (unpaired) electrons. The first-order valence-electron chi connectivity index (χ1n) is 5.71. The zero-order chi connectivity index (χ0) is 13.8. The summed E-state index contributed by atoms with van der Waals surface area (Å²) in [5.74, 6) is -0.542. The van der Waals surface area contributed by atoms with Crippen LogP contribution in [0.3, 0.4) is 0 Å². The molecule has 0 unspecified atom stereocenters. The Kier molecular flexibility index (Phi) is 4.27. The molecule has 1 amide bonds. The minimum Gasteiger partial charge on any atom is -0.325 e. The summed E-state index contributed by atoms with van der Waals surface area (Å²) in [5.41, 5.74) is 2.24. The molecular formula is C14H12BrFN2O. The van der Waals surface area contributed by atoms with Crippen LogP contribution in [0.2, 0.25) is 0 Å². The number of aromatic nitrogens is 1. The maximum Gasteiger partial charge on any atom is 0.230 e. The van der Waals surface area contributed by atoms with Gasteiger partial charge in [0.25, 0.3) is 0 Å². The van der Waals surface area contributed by atoms with Gasteiger partial charge in [0.2, 0.25) is 5.91 Å². The van der Waals surface area contributed by atoms with Crippen LogP contribution < -0.4 is 5.32 Å². The molecule has 98 valence electrons. The largest absolute Gasteiger partial charge is 0.325 e. The lowest BCUT2D eigenvalue weighted by molar-refractivity contribution is -0.115. The highest BCUT2D eigenvalue weighted by atomic mass is 79.9. The molecule has 0 aliphatic rings. The molecule has 19 heavy (non-hydrogen) atoms. The van der Waals surface area contributed by atoms with Crippen molar-refractivity contribution in [2.24, 2.45) is 0 Å². The minimum atomic E-state index is -0.356. The van der Waals surface area contributed by atoms with Crippen molar-refractivity contribution < 1.29 is 9.18 Å². The number of benzene rings is 1. The van der Waals surface area contributed by atoms with Crippen molar-refractivity contribution in [2.45, 2.75) is 13.3 Å². The van der Waals surface area contributed by atoms with Crippen molar-refractivity contribution in [1.82, 2.24) is 4.98 Å². The summed E-state index contributed by atoms with van der Waals surface area (Å²) in [5, 5.41) is 2.72. The molecule has 1 aromatic carbocycles. The molecule has 0 fully saturated rings. The Morgan fingerprint density at radius 1 is 1.42 bits per heavy atom. The van der Waals surface area contributed by atoms with Gasteiger partial charge in [-0.25, -0.2) is 4.39 Å². The third kappa shape index (κ3) is 3.61. The maximum atomic E-state index is 12.9. The van der Waals surface area contributed by atoms with E-state index in [0.717, 1.165) is 11.3 Å². The smallest absolute Gasteiger partial charge is 0.230 e. The zero-order valence-corrected chi connectivity index (χ0v) is 11.9. The van der Waals surface area contributed by atoms with Gasteiger partial charge >= 0.3 is 0 Å². The highest BCUT2D eigenvalue weighted by molar-refractivity contribution is 9.10. The van der Waals surface area contributed by atoms with Crippen LogP contribution in [0.1, 0.15) is 11.3 Å². The number of nitrogens with one attached hydrogen (secondary N) is 1. The molecule has 1 aromatic heterocycles. The molecule has 0 spiro atoms. The number of anilines is 1. The first-order valence-corrected chi connectivity index (χ1v) is 6.51. The standard InChI is InChI=1S/C14H12BrFN2O/c1-9-3-2-6-17-13(9)8-14(19)18-12-5-4-10(16)7-11(12)15/h2-7H,8H2,1H3,(H,18,19). The Labute approximate surface area is 119 Å². The molecule has 0 bridgehead atoms. The molecule has 2 aromatic rings. The quantitative estimate of drug-likeness (QED) is 0.940. The molecule has 3 nitrogen and oxygen atoms in total. The number of carbonyl (C=O) groups is 1. The lowest BCUT2D eigenvalue weighted by atomic mass is 10.1. The molecule has 1 heterocycles. The van der Waals surface area contributed by atoms with Gasteiger partial charge < -0.3 is 5.32 Å². The van der Waals surface area contributed by atoms with E-state index in [-0.39, 0.29) is 18.1 Å². The number of pyridine rings is 1. The second-order valence-electron chi connectivity index (χ2n) is 4.12. The van der Waals surface area contributed by atoms with Crippen molar-refractivity contribution in [1.29, 1.82) is 0 Å². The van der Waals surface area contributed by atoms with Gasteiger partial charge in [-0.15, -0.1) is 0 Å². The number of amides is 1. The molecule has 5 heteroatoms. The van der Waals surface area contributed by atoms with Crippen molar-refractivity contribution >= 4 is 27.5 Å². The highest BCUT2D eigenvalue weighted by Gasteiger charge is 2.09. The van der Waals surface area contributed by atoms with Crippen LogP contribution >= 0.6 is 15.9 Å². The molecule has 0 aliphatic carbocycles. The van der Waals surface area contributed by atoms with Crippen molar-refractivity contribution in [3.63, 3.8) is 0 Å². The fraction of sp³-hybridized carbons (Fsp3) is 0.143. The molecule has 0 saturated carbocycles. The SMILES string of the molecule is Cc1cccnc1CC(=O)Nc1ccc(F)cc1Br. The number of rotatable bonds is 3. The molecule has 1 N–H and O–H groups in total. The number of aryl methyl sites for hydroxylation is 1. The van der Waals surface area contributed by atoms with E-state index in [1.54, 1.807) is 6.20 Å². The molecule has 0 atom stereocenters. The summed E-state index contributed by atoms with van der Waals surface area (Å²) in [4.78, 5) is 16.1. The van der Waals surface area contributed by atoms with E-state index < -0.39 is 0 Å². The first-order chi connectivity index (χ1) is 9.06. The topological polar surface area (TPSA) is 42.0 Å². The van der Waals surface area contributed by atoms with Gasteiger partial charge in [-0.2, -0.15) is 0 Å². The van der Waals surface area contributed by atoms with Crippen LogP contribution in [0.15, 0.2) is 41.0 Å². The summed E-state index contributed by atoms with van der Waals surface area (Å²) in [7, 11) is 0. The number of hydrogen-bond acceptors (Lipinski definition) is 2. The third-order valence-electron chi connectivity index (χ3n) is 2.65. The average Bonchev–Trinajstić information content (AvgIpc) is 2.36. The van der Waals surface area contributed by atoms with Gasteiger partial charge in [0.15, 0.2) is 0 Å². The zero-order valence-electron chi connectivity index (χ0n) is 10.3. The van der Waals surface area contributed by atoms with E-state index in [9.17, 15) is 9.18 Å².